The molecule has 0 aromatic carbocycles. The van der Waals surface area contributed by atoms with Crippen molar-refractivity contribution in [1.29, 1.82) is 0 Å². The lowest BCUT2D eigenvalue weighted by atomic mass is 10.1. The summed E-state index contributed by atoms with van der Waals surface area (Å²) >= 11 is 5.27. The Morgan fingerprint density at radius 1 is 0.442 bits per heavy atom. The van der Waals surface area contributed by atoms with Crippen molar-refractivity contribution in [2.75, 3.05) is 237 Å². The minimum atomic E-state index is -0.0849. The number of hydrogen-bond donors (Lipinski definition) is 8. The van der Waals surface area contributed by atoms with E-state index < -0.39 is 0 Å². The Morgan fingerprint density at radius 3 is 1.06 bits per heavy atom. The van der Waals surface area contributed by atoms with Crippen LogP contribution in [0.5, 0.6) is 0 Å². The fourth-order valence-corrected chi connectivity index (χ4v) is 6.07. The van der Waals surface area contributed by atoms with Gasteiger partial charge in [-0.2, -0.15) is 0 Å². The molecule has 0 amide bonds. The molecule has 7 unspecified atom stereocenters. The molecular formula is C53H114ClN9O14. The Morgan fingerprint density at radius 2 is 0.779 bits per heavy atom. The predicted molar refractivity (Wildman–Crippen MR) is 303 cm³/mol. The van der Waals surface area contributed by atoms with Crippen LogP contribution in [0.1, 0.15) is 58.3 Å². The Hall–Kier alpha value is -0.630. The minimum Gasteiger partial charge on any atom is -0.379 e. The van der Waals surface area contributed by atoms with Gasteiger partial charge >= 0.3 is 0 Å². The zero-order valence-corrected chi connectivity index (χ0v) is 49.0. The maximum Gasteiger partial charge on any atom is 0.104 e. The van der Waals surface area contributed by atoms with Crippen LogP contribution in [-0.2, 0) is 66.3 Å². The van der Waals surface area contributed by atoms with Gasteiger partial charge in [0.05, 0.1) is 97.9 Å². The summed E-state index contributed by atoms with van der Waals surface area (Å²) in [5, 5.41) is 9.71. The van der Waals surface area contributed by atoms with Crippen LogP contribution < -0.4 is 44.6 Å². The van der Waals surface area contributed by atoms with Crippen LogP contribution in [-0.4, -0.2) is 285 Å². The lowest BCUT2D eigenvalue weighted by Gasteiger charge is -2.18. The van der Waals surface area contributed by atoms with Crippen molar-refractivity contribution in [2.45, 2.75) is 101 Å². The number of halogens is 1. The highest BCUT2D eigenvalue weighted by atomic mass is 35.5. The molecular weight excluding hydrogens is 1020 g/mol. The maximum atomic E-state index is 5.94. The Balaban J connectivity index is 0.000000525. The molecule has 6 heterocycles. The largest absolute Gasteiger partial charge is 0.379 e. The van der Waals surface area contributed by atoms with Crippen molar-refractivity contribution in [2.24, 2.45) is 34.6 Å². The summed E-state index contributed by atoms with van der Waals surface area (Å²) < 4.78 is 74.9. The molecule has 0 spiro atoms. The summed E-state index contributed by atoms with van der Waals surface area (Å²) in [7, 11) is 4.10. The molecule has 6 aliphatic heterocycles. The van der Waals surface area contributed by atoms with Crippen LogP contribution in [0.2, 0.25) is 0 Å². The fourth-order valence-electron chi connectivity index (χ4n) is 5.90. The molecule has 0 radical (unpaired) electrons. The number of ether oxygens (including phenoxy) is 14. The molecule has 6 aliphatic rings. The number of unbranched alkanes of at least 4 members (excludes halogenated alkanes) is 1. The van der Waals surface area contributed by atoms with Gasteiger partial charge in [-0.15, -0.1) is 11.6 Å². The van der Waals surface area contributed by atoms with Gasteiger partial charge in [-0.1, -0.05) is 6.92 Å². The first-order valence-corrected chi connectivity index (χ1v) is 29.5. The summed E-state index contributed by atoms with van der Waals surface area (Å²) in [6, 6.07) is 0. The van der Waals surface area contributed by atoms with E-state index >= 15 is 0 Å². The van der Waals surface area contributed by atoms with E-state index in [1.165, 1.54) is 6.42 Å². The number of epoxide rings is 6. The first-order chi connectivity index (χ1) is 37.8. The molecule has 0 saturated carbocycles. The van der Waals surface area contributed by atoms with E-state index in [9.17, 15) is 0 Å². The van der Waals surface area contributed by atoms with Gasteiger partial charge in [-0.3, -0.25) is 0 Å². The molecule has 0 bridgehead atoms. The summed E-state index contributed by atoms with van der Waals surface area (Å²) in [4.78, 5) is 2.13. The topological polar surface area (TPSA) is 318 Å². The fraction of sp³-hybridized carbons (Fsp3) is 1.00. The quantitative estimate of drug-likeness (QED) is 0.0225. The molecule has 24 heteroatoms. The van der Waals surface area contributed by atoms with Crippen molar-refractivity contribution < 1.29 is 66.3 Å². The molecule has 0 aromatic rings. The summed E-state index contributed by atoms with van der Waals surface area (Å²) in [6.07, 6.45) is 10.1. The lowest BCUT2D eigenvalue weighted by molar-refractivity contribution is -0.0676. The highest BCUT2D eigenvalue weighted by Gasteiger charge is 2.25. The zero-order valence-electron chi connectivity index (χ0n) is 48.2. The second-order valence-corrected chi connectivity index (χ2v) is 20.0. The summed E-state index contributed by atoms with van der Waals surface area (Å²) in [5.41, 5.74) is 26.6. The van der Waals surface area contributed by atoms with Crippen LogP contribution >= 0.6 is 11.6 Å². The standard InChI is InChI=1S/C21H38O9.C10H18O4.C8H23N5.C6H16N2.C5H14N2.C3H5ClO/c1(6-24-12-19-15-28-19)4-22-10-18(27-9-3-8-26-14-21-17-30-21)11-23-5-2-7-25-13-20-16-29-20;1(3-11-5-9-7-13-9)2-4-12-6-10-8-14-10;9-1-3-11-5-7-13-8-6-12-4-2-10;1-6(5-8)3-2-4-7;1-7(2)5-3-4-6;4-1-3-2-5-3/h18-21H,1-17H2;9-10H,1-8H2;11-13H,1-10H2;6H,2-5,7-8H2,1H3;3-6H2,1-2H3;3H,1-2H2. The van der Waals surface area contributed by atoms with Crippen LogP contribution in [0, 0.1) is 5.92 Å². The van der Waals surface area contributed by atoms with Crippen molar-refractivity contribution in [1.82, 2.24) is 20.9 Å². The number of hydrogen-bond acceptors (Lipinski definition) is 23. The van der Waals surface area contributed by atoms with E-state index in [4.69, 9.17) is 107 Å². The minimum absolute atomic E-state index is 0.0849. The van der Waals surface area contributed by atoms with Gasteiger partial charge in [0.15, 0.2) is 0 Å². The number of nitrogens with two attached hydrogens (primary N) is 5. The van der Waals surface area contributed by atoms with E-state index in [-0.39, 0.29) is 6.10 Å². The van der Waals surface area contributed by atoms with Crippen LogP contribution in [0.4, 0.5) is 0 Å². The van der Waals surface area contributed by atoms with Gasteiger partial charge < -0.3 is 116 Å². The Bertz CT molecular complexity index is 1120. The zero-order chi connectivity index (χ0) is 55.9. The summed E-state index contributed by atoms with van der Waals surface area (Å²) in [6.45, 7) is 28.1. The van der Waals surface area contributed by atoms with Gasteiger partial charge in [-0.25, -0.2) is 0 Å². The molecule has 0 aromatic heterocycles. The van der Waals surface area contributed by atoms with Crippen LogP contribution in [0.15, 0.2) is 0 Å². The van der Waals surface area contributed by atoms with E-state index in [1.54, 1.807) is 0 Å². The highest BCUT2D eigenvalue weighted by Crippen LogP contribution is 2.12. The predicted octanol–water partition coefficient (Wildman–Crippen LogP) is -0.0678. The number of rotatable bonds is 50. The normalized spacial score (nSPS) is 21.6. The van der Waals surface area contributed by atoms with Gasteiger partial charge in [0.25, 0.3) is 0 Å². The molecule has 6 rings (SSSR count). The SMILES string of the molecule is C(CCOCC1CO1)COCC1CO1.C(COCC(COCCCOCC1CO1)OCCCOCC1CO1)COCC1CO1.CC(CN)CCCN.CN(C)CCCN.ClCC1CO1.NCCNCCNCCNCCN. The van der Waals surface area contributed by atoms with E-state index in [0.29, 0.717) is 134 Å². The first-order valence-electron chi connectivity index (χ1n) is 29.0. The second kappa shape index (κ2) is 57.2. The third-order valence-corrected chi connectivity index (χ3v) is 11.5. The molecule has 23 nitrogen and oxygen atoms in total. The van der Waals surface area contributed by atoms with Gasteiger partial charge in [0, 0.05) is 105 Å². The smallest absolute Gasteiger partial charge is 0.104 e. The molecule has 6 fully saturated rings. The van der Waals surface area contributed by atoms with Gasteiger partial charge in [-0.05, 0) is 97.6 Å². The van der Waals surface area contributed by atoms with Crippen molar-refractivity contribution in [3.05, 3.63) is 0 Å². The highest BCUT2D eigenvalue weighted by molar-refractivity contribution is 6.18. The van der Waals surface area contributed by atoms with Crippen LogP contribution in [0.25, 0.3) is 0 Å². The number of nitrogens with zero attached hydrogens (tertiary/aromatic N) is 1. The Labute approximate surface area is 470 Å². The first kappa shape index (κ1) is 74.4. The molecule has 462 valence electrons. The number of nitrogens with one attached hydrogen (secondary N) is 3. The molecule has 77 heavy (non-hydrogen) atoms. The summed E-state index contributed by atoms with van der Waals surface area (Å²) in [5.74, 6) is 1.32. The molecule has 6 saturated heterocycles. The average Bonchev–Trinajstić information content (AvgIpc) is 4.22. The van der Waals surface area contributed by atoms with E-state index in [0.717, 1.165) is 176 Å². The van der Waals surface area contributed by atoms with Gasteiger partial charge in [0.1, 0.15) is 36.6 Å². The average molecular weight is 1140 g/mol. The van der Waals surface area contributed by atoms with Crippen molar-refractivity contribution >= 4 is 11.6 Å². The van der Waals surface area contributed by atoms with Gasteiger partial charge in [0.2, 0.25) is 0 Å². The maximum absolute atomic E-state index is 5.94. The molecule has 7 atom stereocenters. The molecule has 0 aliphatic carbocycles. The van der Waals surface area contributed by atoms with Crippen LogP contribution in [0.3, 0.4) is 0 Å². The Kier molecular flexibility index (Phi) is 55.3. The number of alkyl halides is 1. The monoisotopic (exact) mass is 1140 g/mol. The van der Waals surface area contributed by atoms with E-state index in [1.807, 2.05) is 0 Å². The van der Waals surface area contributed by atoms with Crippen molar-refractivity contribution in [3.8, 4) is 0 Å². The third-order valence-electron chi connectivity index (χ3n) is 11.2. The van der Waals surface area contributed by atoms with E-state index in [2.05, 4.69) is 41.9 Å². The molecule has 13 N–H and O–H groups in total. The third kappa shape index (κ3) is 64.4. The lowest BCUT2D eigenvalue weighted by Crippen LogP contribution is -2.35. The second-order valence-electron chi connectivity index (χ2n) is 19.7. The van der Waals surface area contributed by atoms with Crippen molar-refractivity contribution in [3.63, 3.8) is 0 Å².